The molecule has 1 aliphatic rings. The van der Waals surface area contributed by atoms with Crippen molar-refractivity contribution in [2.75, 3.05) is 13.1 Å². The first-order valence-electron chi connectivity index (χ1n) is 6.89. The van der Waals surface area contributed by atoms with Crippen LogP contribution in [0.1, 0.15) is 17.2 Å². The van der Waals surface area contributed by atoms with Gasteiger partial charge in [0.15, 0.2) is 5.17 Å². The van der Waals surface area contributed by atoms with E-state index in [4.69, 9.17) is 0 Å². The van der Waals surface area contributed by atoms with Gasteiger partial charge in [0.05, 0.1) is 11.8 Å². The van der Waals surface area contributed by atoms with Crippen molar-refractivity contribution in [2.45, 2.75) is 18.2 Å². The Labute approximate surface area is 123 Å². The van der Waals surface area contributed by atoms with Gasteiger partial charge in [-0.3, -0.25) is 9.67 Å². The molecular formula is C15H18N4S. The van der Waals surface area contributed by atoms with E-state index in [1.807, 2.05) is 34.9 Å². The highest BCUT2D eigenvalue weighted by molar-refractivity contribution is 8.14. The third-order valence-electron chi connectivity index (χ3n) is 3.23. The molecule has 0 saturated carbocycles. The van der Waals surface area contributed by atoms with E-state index in [1.54, 1.807) is 0 Å². The predicted octanol–water partition coefficient (Wildman–Crippen LogP) is 2.71. The number of nitrogens with one attached hydrogen (secondary N) is 1. The Morgan fingerprint density at radius 2 is 2.15 bits per heavy atom. The highest BCUT2D eigenvalue weighted by atomic mass is 32.2. The van der Waals surface area contributed by atoms with Crippen molar-refractivity contribution in [1.29, 1.82) is 0 Å². The van der Waals surface area contributed by atoms with Crippen LogP contribution >= 0.6 is 11.8 Å². The number of hydrogen-bond donors (Lipinski definition) is 1. The molecule has 0 spiro atoms. The molecule has 1 aromatic heterocycles. The fourth-order valence-corrected chi connectivity index (χ4v) is 3.23. The number of aromatic nitrogens is 2. The molecule has 20 heavy (non-hydrogen) atoms. The lowest BCUT2D eigenvalue weighted by molar-refractivity contribution is 0.574. The molecule has 0 saturated heterocycles. The summed E-state index contributed by atoms with van der Waals surface area (Å²) in [5, 5.41) is 9.14. The van der Waals surface area contributed by atoms with Crippen molar-refractivity contribution in [3.63, 3.8) is 0 Å². The molecule has 5 heteroatoms. The zero-order valence-corrected chi connectivity index (χ0v) is 12.1. The third-order valence-corrected chi connectivity index (χ3v) is 4.43. The topological polar surface area (TPSA) is 42.2 Å². The number of amidine groups is 1. The fraction of sp³-hybridized carbons (Fsp3) is 0.333. The smallest absolute Gasteiger partial charge is 0.157 e. The molecule has 1 atom stereocenters. The van der Waals surface area contributed by atoms with Crippen molar-refractivity contribution in [3.8, 4) is 0 Å². The fourth-order valence-electron chi connectivity index (χ4n) is 2.18. The van der Waals surface area contributed by atoms with E-state index in [0.29, 0.717) is 5.25 Å². The lowest BCUT2D eigenvalue weighted by Gasteiger charge is -2.09. The van der Waals surface area contributed by atoms with E-state index in [-0.39, 0.29) is 0 Å². The summed E-state index contributed by atoms with van der Waals surface area (Å²) >= 11 is 1.83. The van der Waals surface area contributed by atoms with Crippen LogP contribution in [-0.4, -0.2) is 28.0 Å². The number of rotatable bonds is 5. The molecule has 1 N–H and O–H groups in total. The molecule has 2 heterocycles. The number of thioether (sulfide) groups is 1. The van der Waals surface area contributed by atoms with Gasteiger partial charge in [-0.15, -0.1) is 0 Å². The second-order valence-electron chi connectivity index (χ2n) is 4.71. The summed E-state index contributed by atoms with van der Waals surface area (Å²) < 4.78 is 1.96. The molecule has 4 nitrogen and oxygen atoms in total. The number of aliphatic imine (C=N–C) groups is 1. The standard InChI is InChI=1S/C15H18N4S/c1-2-6-13(7-3-1)14-12-17-15(20-14)16-8-4-10-19-11-5-9-18-19/h1-3,5-7,9,11,14H,4,8,10,12H2,(H,16,17). The van der Waals surface area contributed by atoms with Gasteiger partial charge in [-0.25, -0.2) is 0 Å². The maximum absolute atomic E-state index is 4.57. The van der Waals surface area contributed by atoms with E-state index >= 15 is 0 Å². The van der Waals surface area contributed by atoms with Crippen molar-refractivity contribution >= 4 is 16.9 Å². The van der Waals surface area contributed by atoms with Crippen LogP contribution in [0.15, 0.2) is 53.8 Å². The Morgan fingerprint density at radius 3 is 2.95 bits per heavy atom. The number of aryl methyl sites for hydroxylation is 1. The van der Waals surface area contributed by atoms with Gasteiger partial charge >= 0.3 is 0 Å². The largest absolute Gasteiger partial charge is 0.365 e. The number of hydrogen-bond acceptors (Lipinski definition) is 4. The van der Waals surface area contributed by atoms with E-state index in [1.165, 1.54) is 5.56 Å². The maximum Gasteiger partial charge on any atom is 0.157 e. The molecule has 0 radical (unpaired) electrons. The van der Waals surface area contributed by atoms with Gasteiger partial charge in [0.2, 0.25) is 0 Å². The first kappa shape index (κ1) is 13.2. The van der Waals surface area contributed by atoms with Gasteiger partial charge in [-0.1, -0.05) is 42.1 Å². The zero-order chi connectivity index (χ0) is 13.6. The van der Waals surface area contributed by atoms with Gasteiger partial charge in [-0.05, 0) is 18.1 Å². The molecule has 1 aliphatic heterocycles. The van der Waals surface area contributed by atoms with Crippen molar-refractivity contribution < 1.29 is 0 Å². The SMILES string of the molecule is c1ccc(C2CN=C(NCCCn3cccn3)S2)cc1. The second-order valence-corrected chi connectivity index (χ2v) is 5.90. The lowest BCUT2D eigenvalue weighted by Crippen LogP contribution is -2.21. The Bertz CT molecular complexity index is 551. The minimum Gasteiger partial charge on any atom is -0.365 e. The summed E-state index contributed by atoms with van der Waals surface area (Å²) in [7, 11) is 0. The van der Waals surface area contributed by atoms with Gasteiger partial charge in [0.25, 0.3) is 0 Å². The first-order chi connectivity index (χ1) is 9.92. The monoisotopic (exact) mass is 286 g/mol. The Balaban J connectivity index is 1.40. The van der Waals surface area contributed by atoms with Crippen LogP contribution in [0.4, 0.5) is 0 Å². The van der Waals surface area contributed by atoms with Gasteiger partial charge in [0, 0.05) is 25.5 Å². The molecule has 104 valence electrons. The normalized spacial score (nSPS) is 18.0. The van der Waals surface area contributed by atoms with E-state index in [0.717, 1.165) is 31.2 Å². The molecule has 0 fully saturated rings. The quantitative estimate of drug-likeness (QED) is 0.859. The number of nitrogens with zero attached hydrogens (tertiary/aromatic N) is 3. The molecule has 1 unspecified atom stereocenters. The Morgan fingerprint density at radius 1 is 1.25 bits per heavy atom. The van der Waals surface area contributed by atoms with E-state index < -0.39 is 0 Å². The summed E-state index contributed by atoms with van der Waals surface area (Å²) in [6, 6.07) is 12.5. The maximum atomic E-state index is 4.57. The first-order valence-corrected chi connectivity index (χ1v) is 7.77. The van der Waals surface area contributed by atoms with Crippen LogP contribution < -0.4 is 5.32 Å². The van der Waals surface area contributed by atoms with Gasteiger partial charge < -0.3 is 5.32 Å². The second kappa shape index (κ2) is 6.61. The molecule has 0 bridgehead atoms. The van der Waals surface area contributed by atoms with Crippen LogP contribution in [0.25, 0.3) is 0 Å². The summed E-state index contributed by atoms with van der Waals surface area (Å²) in [5.41, 5.74) is 1.36. The van der Waals surface area contributed by atoms with Crippen LogP contribution in [0.3, 0.4) is 0 Å². The summed E-state index contributed by atoms with van der Waals surface area (Å²) in [6.07, 6.45) is 4.86. The van der Waals surface area contributed by atoms with Crippen molar-refractivity contribution in [1.82, 2.24) is 15.1 Å². The molecule has 2 aromatic rings. The number of benzene rings is 1. The average molecular weight is 286 g/mol. The van der Waals surface area contributed by atoms with Crippen LogP contribution in [0, 0.1) is 0 Å². The minimum absolute atomic E-state index is 0.463. The molecular weight excluding hydrogens is 268 g/mol. The highest BCUT2D eigenvalue weighted by Crippen LogP contribution is 2.33. The summed E-state index contributed by atoms with van der Waals surface area (Å²) in [6.45, 7) is 2.75. The summed E-state index contributed by atoms with van der Waals surface area (Å²) in [4.78, 5) is 4.57. The molecule has 3 rings (SSSR count). The van der Waals surface area contributed by atoms with E-state index in [9.17, 15) is 0 Å². The Hall–Kier alpha value is -1.75. The lowest BCUT2D eigenvalue weighted by atomic mass is 10.1. The van der Waals surface area contributed by atoms with E-state index in [2.05, 4.69) is 45.7 Å². The third kappa shape index (κ3) is 3.42. The minimum atomic E-state index is 0.463. The van der Waals surface area contributed by atoms with Gasteiger partial charge in [0.1, 0.15) is 0 Å². The predicted molar refractivity (Wildman–Crippen MR) is 83.9 cm³/mol. The van der Waals surface area contributed by atoms with Crippen LogP contribution in [-0.2, 0) is 6.54 Å². The average Bonchev–Trinajstić information content (AvgIpc) is 3.16. The Kier molecular flexibility index (Phi) is 4.38. The highest BCUT2D eigenvalue weighted by Gasteiger charge is 2.20. The van der Waals surface area contributed by atoms with Crippen LogP contribution in [0.5, 0.6) is 0 Å². The molecule has 0 amide bonds. The van der Waals surface area contributed by atoms with Gasteiger partial charge in [-0.2, -0.15) is 5.10 Å². The van der Waals surface area contributed by atoms with Crippen LogP contribution in [0.2, 0.25) is 0 Å². The zero-order valence-electron chi connectivity index (χ0n) is 11.3. The van der Waals surface area contributed by atoms with Crippen molar-refractivity contribution in [3.05, 3.63) is 54.4 Å². The molecule has 0 aliphatic carbocycles. The van der Waals surface area contributed by atoms with Crippen molar-refractivity contribution in [2.24, 2.45) is 4.99 Å². The molecule has 1 aromatic carbocycles. The summed E-state index contributed by atoms with van der Waals surface area (Å²) in [5.74, 6) is 0.